The molecule has 0 fully saturated rings. The highest BCUT2D eigenvalue weighted by molar-refractivity contribution is 7.80. The molecule has 18 heavy (non-hydrogen) atoms. The molecule has 1 aromatic rings. The van der Waals surface area contributed by atoms with Crippen molar-refractivity contribution in [2.24, 2.45) is 0 Å². The summed E-state index contributed by atoms with van der Waals surface area (Å²) in [6.45, 7) is 0.623. The van der Waals surface area contributed by atoms with Crippen molar-refractivity contribution < 1.29 is 22.3 Å². The monoisotopic (exact) mass is 274 g/mol. The lowest BCUT2D eigenvalue weighted by atomic mass is 10.2. The number of aromatic hydroxyl groups is 1. The van der Waals surface area contributed by atoms with E-state index in [0.29, 0.717) is 5.56 Å². The Morgan fingerprint density at radius 3 is 2.67 bits per heavy atom. The molecule has 0 bridgehead atoms. The molecule has 0 aliphatic carbocycles. The van der Waals surface area contributed by atoms with Crippen LogP contribution in [0, 0.1) is 18.3 Å². The first-order valence-corrected chi connectivity index (χ1v) is 6.08. The summed E-state index contributed by atoms with van der Waals surface area (Å²) in [5.74, 6) is -0.421. The van der Waals surface area contributed by atoms with Crippen LogP contribution in [0.2, 0.25) is 0 Å². The Morgan fingerprint density at radius 1 is 1.56 bits per heavy atom. The van der Waals surface area contributed by atoms with Gasteiger partial charge in [-0.1, -0.05) is 0 Å². The van der Waals surface area contributed by atoms with E-state index in [0.717, 1.165) is 4.57 Å². The molecule has 0 aliphatic rings. The fourth-order valence-corrected chi connectivity index (χ4v) is 1.62. The van der Waals surface area contributed by atoms with Gasteiger partial charge in [0.25, 0.3) is 5.56 Å². The molecule has 0 radical (unpaired) electrons. The summed E-state index contributed by atoms with van der Waals surface area (Å²) < 4.78 is 33.7. The summed E-state index contributed by atoms with van der Waals surface area (Å²) in [4.78, 5) is 11.7. The van der Waals surface area contributed by atoms with Gasteiger partial charge in [0.2, 0.25) is 0 Å². The smallest absolute Gasteiger partial charge is 0.397 e. The van der Waals surface area contributed by atoms with Gasteiger partial charge in [0.1, 0.15) is 11.6 Å². The molecule has 0 aliphatic heterocycles. The van der Waals surface area contributed by atoms with Gasteiger partial charge in [-0.3, -0.25) is 13.9 Å². The molecule has 0 amide bonds. The number of aromatic nitrogens is 1. The van der Waals surface area contributed by atoms with Crippen LogP contribution in [0.1, 0.15) is 11.1 Å². The van der Waals surface area contributed by atoms with E-state index < -0.39 is 28.4 Å². The lowest BCUT2D eigenvalue weighted by Gasteiger charge is -2.09. The highest BCUT2D eigenvalue weighted by Gasteiger charge is 2.12. The van der Waals surface area contributed by atoms with Crippen LogP contribution < -0.4 is 5.56 Å². The molecular formula is C9H10N2O6S. The standard InChI is InChI=1S/C9H10N2O6S/c1-6-4-8(12)11(9(13)7(6)5-10)2-3-17-18(14,15)16/h4,12H,2-3H2,1H3,(H,14,15,16). The van der Waals surface area contributed by atoms with Crippen molar-refractivity contribution in [3.05, 3.63) is 27.5 Å². The van der Waals surface area contributed by atoms with Crippen molar-refractivity contribution in [2.45, 2.75) is 13.5 Å². The minimum absolute atomic E-state index is 0.153. The minimum Gasteiger partial charge on any atom is -0.494 e. The van der Waals surface area contributed by atoms with Crippen LogP contribution in [0.15, 0.2) is 10.9 Å². The molecule has 0 aromatic carbocycles. The normalized spacial score (nSPS) is 11.2. The van der Waals surface area contributed by atoms with Crippen LogP contribution in [0.5, 0.6) is 5.88 Å². The molecule has 1 aromatic heterocycles. The number of pyridine rings is 1. The molecular weight excluding hydrogens is 264 g/mol. The first kappa shape index (κ1) is 14.2. The lowest BCUT2D eigenvalue weighted by molar-refractivity contribution is 0.249. The van der Waals surface area contributed by atoms with Gasteiger partial charge in [0, 0.05) is 6.07 Å². The number of rotatable bonds is 4. The number of hydrogen-bond acceptors (Lipinski definition) is 6. The Morgan fingerprint density at radius 2 is 2.17 bits per heavy atom. The fraction of sp³-hybridized carbons (Fsp3) is 0.333. The van der Waals surface area contributed by atoms with Crippen molar-refractivity contribution in [3.63, 3.8) is 0 Å². The van der Waals surface area contributed by atoms with E-state index in [2.05, 4.69) is 4.18 Å². The van der Waals surface area contributed by atoms with E-state index in [9.17, 15) is 18.3 Å². The summed E-state index contributed by atoms with van der Waals surface area (Å²) in [6.07, 6.45) is 0. The Hall–Kier alpha value is -1.89. The molecule has 0 atom stereocenters. The second kappa shape index (κ2) is 5.18. The van der Waals surface area contributed by atoms with Crippen LogP contribution in [-0.2, 0) is 21.1 Å². The average Bonchev–Trinajstić information content (AvgIpc) is 2.21. The summed E-state index contributed by atoms with van der Waals surface area (Å²) in [5.41, 5.74) is -0.597. The molecule has 98 valence electrons. The maximum Gasteiger partial charge on any atom is 0.397 e. The van der Waals surface area contributed by atoms with Crippen molar-refractivity contribution in [2.75, 3.05) is 6.61 Å². The van der Waals surface area contributed by atoms with Gasteiger partial charge in [-0.2, -0.15) is 13.7 Å². The summed E-state index contributed by atoms with van der Waals surface area (Å²) in [7, 11) is -4.61. The molecule has 0 spiro atoms. The van der Waals surface area contributed by atoms with Crippen molar-refractivity contribution >= 4 is 10.4 Å². The number of nitrogens with zero attached hydrogens (tertiary/aromatic N) is 2. The largest absolute Gasteiger partial charge is 0.494 e. The van der Waals surface area contributed by atoms with E-state index in [1.807, 2.05) is 0 Å². The molecule has 0 saturated heterocycles. The SMILES string of the molecule is Cc1cc(O)n(CCOS(=O)(=O)O)c(=O)c1C#N. The van der Waals surface area contributed by atoms with Crippen LogP contribution in [0.4, 0.5) is 0 Å². The summed E-state index contributed by atoms with van der Waals surface area (Å²) in [5, 5.41) is 18.3. The van der Waals surface area contributed by atoms with Gasteiger partial charge in [0.05, 0.1) is 13.2 Å². The predicted octanol–water partition coefficient (Wildman–Crippen LogP) is -0.447. The van der Waals surface area contributed by atoms with Crippen LogP contribution >= 0.6 is 0 Å². The molecule has 9 heteroatoms. The van der Waals surface area contributed by atoms with E-state index >= 15 is 0 Å². The predicted molar refractivity (Wildman–Crippen MR) is 59.3 cm³/mol. The number of aryl methyl sites for hydroxylation is 1. The lowest BCUT2D eigenvalue weighted by Crippen LogP contribution is -2.26. The Labute approximate surface area is 103 Å². The van der Waals surface area contributed by atoms with E-state index in [1.54, 1.807) is 6.07 Å². The molecule has 0 unspecified atom stereocenters. The molecule has 8 nitrogen and oxygen atoms in total. The molecule has 1 rings (SSSR count). The van der Waals surface area contributed by atoms with Crippen molar-refractivity contribution in [1.29, 1.82) is 5.26 Å². The molecule has 0 saturated carbocycles. The second-order valence-electron chi connectivity index (χ2n) is 3.38. The summed E-state index contributed by atoms with van der Waals surface area (Å²) in [6, 6.07) is 2.89. The Bertz CT molecular complexity index is 655. The quantitative estimate of drug-likeness (QED) is 0.711. The maximum atomic E-state index is 11.7. The highest BCUT2D eigenvalue weighted by atomic mass is 32.3. The zero-order chi connectivity index (χ0) is 13.9. The van der Waals surface area contributed by atoms with Crippen LogP contribution in [0.25, 0.3) is 0 Å². The zero-order valence-corrected chi connectivity index (χ0v) is 10.1. The van der Waals surface area contributed by atoms with Gasteiger partial charge in [-0.15, -0.1) is 0 Å². The summed E-state index contributed by atoms with van der Waals surface area (Å²) >= 11 is 0. The second-order valence-corrected chi connectivity index (χ2v) is 4.47. The molecule has 1 heterocycles. The van der Waals surface area contributed by atoms with Gasteiger partial charge < -0.3 is 5.11 Å². The van der Waals surface area contributed by atoms with Gasteiger partial charge in [-0.25, -0.2) is 4.18 Å². The highest BCUT2D eigenvalue weighted by Crippen LogP contribution is 2.11. The molecule has 2 N–H and O–H groups in total. The Balaban J connectivity index is 3.04. The van der Waals surface area contributed by atoms with Gasteiger partial charge in [0.15, 0.2) is 5.88 Å². The van der Waals surface area contributed by atoms with E-state index in [4.69, 9.17) is 9.81 Å². The maximum absolute atomic E-state index is 11.7. The third kappa shape index (κ3) is 3.30. The third-order valence-electron chi connectivity index (χ3n) is 2.13. The first-order chi connectivity index (χ1) is 8.26. The topological polar surface area (TPSA) is 130 Å². The number of hydrogen-bond donors (Lipinski definition) is 2. The minimum atomic E-state index is -4.61. The first-order valence-electron chi connectivity index (χ1n) is 4.71. The third-order valence-corrected chi connectivity index (χ3v) is 2.60. The average molecular weight is 274 g/mol. The van der Waals surface area contributed by atoms with Crippen molar-refractivity contribution in [3.8, 4) is 11.9 Å². The number of nitriles is 1. The van der Waals surface area contributed by atoms with E-state index in [-0.39, 0.29) is 12.1 Å². The van der Waals surface area contributed by atoms with E-state index in [1.165, 1.54) is 13.0 Å². The van der Waals surface area contributed by atoms with Crippen LogP contribution in [-0.4, -0.2) is 29.3 Å². The van der Waals surface area contributed by atoms with Gasteiger partial charge >= 0.3 is 10.4 Å². The Kier molecular flexibility index (Phi) is 4.07. The fourth-order valence-electron chi connectivity index (χ4n) is 1.34. The van der Waals surface area contributed by atoms with Crippen LogP contribution in [0.3, 0.4) is 0 Å². The van der Waals surface area contributed by atoms with Gasteiger partial charge in [-0.05, 0) is 12.5 Å². The van der Waals surface area contributed by atoms with Crippen molar-refractivity contribution in [1.82, 2.24) is 4.57 Å². The zero-order valence-electron chi connectivity index (χ0n) is 9.32.